The van der Waals surface area contributed by atoms with Crippen LogP contribution in [0.4, 0.5) is 0 Å². The van der Waals surface area contributed by atoms with Gasteiger partial charge in [-0.2, -0.15) is 0 Å². The van der Waals surface area contributed by atoms with E-state index in [0.717, 1.165) is 6.26 Å². The zero-order valence-corrected chi connectivity index (χ0v) is 12.8. The number of aliphatic carboxylic acids is 1. The Balaban J connectivity index is 2.11. The fourth-order valence-electron chi connectivity index (χ4n) is 2.88. The molecule has 2 atom stereocenters. The minimum atomic E-state index is -3.50. The van der Waals surface area contributed by atoms with Crippen molar-refractivity contribution in [1.82, 2.24) is 4.90 Å². The number of hydrogen-bond donors (Lipinski definition) is 1. The van der Waals surface area contributed by atoms with E-state index in [4.69, 9.17) is 4.74 Å². The molecular weight excluding hydrogens is 298 g/mol. The molecule has 0 spiro atoms. The van der Waals surface area contributed by atoms with E-state index in [-0.39, 0.29) is 18.2 Å². The Morgan fingerprint density at radius 2 is 1.86 bits per heavy atom. The van der Waals surface area contributed by atoms with Crippen LogP contribution < -0.4 is 0 Å². The van der Waals surface area contributed by atoms with E-state index in [2.05, 4.69) is 0 Å². The molecule has 0 bridgehead atoms. The summed E-state index contributed by atoms with van der Waals surface area (Å²) in [4.78, 5) is 25.2. The van der Waals surface area contributed by atoms with Crippen LogP contribution in [0.25, 0.3) is 0 Å². The molecule has 2 aliphatic rings. The fourth-order valence-corrected chi connectivity index (χ4v) is 4.66. The van der Waals surface area contributed by atoms with Gasteiger partial charge in [0.15, 0.2) is 9.84 Å². The van der Waals surface area contributed by atoms with Gasteiger partial charge >= 0.3 is 5.97 Å². The maximum absolute atomic E-state index is 12.2. The van der Waals surface area contributed by atoms with Gasteiger partial charge in [0, 0.05) is 25.8 Å². The zero-order valence-electron chi connectivity index (χ0n) is 12.0. The van der Waals surface area contributed by atoms with Crippen LogP contribution >= 0.6 is 0 Å². The first-order valence-corrected chi connectivity index (χ1v) is 9.03. The largest absolute Gasteiger partial charge is 0.481 e. The number of carbonyl (C=O) groups excluding carboxylic acids is 1. The molecule has 2 fully saturated rings. The summed E-state index contributed by atoms with van der Waals surface area (Å²) in [5.41, 5.74) is 0. The lowest BCUT2D eigenvalue weighted by atomic mass is 9.97. The van der Waals surface area contributed by atoms with Crippen LogP contribution in [0, 0.1) is 11.8 Å². The van der Waals surface area contributed by atoms with Gasteiger partial charge in [0.1, 0.15) is 0 Å². The van der Waals surface area contributed by atoms with Crippen molar-refractivity contribution in [2.24, 2.45) is 11.8 Å². The molecule has 7 nitrogen and oxygen atoms in total. The van der Waals surface area contributed by atoms with E-state index >= 15 is 0 Å². The van der Waals surface area contributed by atoms with Crippen molar-refractivity contribution >= 4 is 21.7 Å². The highest BCUT2D eigenvalue weighted by atomic mass is 32.2. The van der Waals surface area contributed by atoms with Crippen molar-refractivity contribution < 1.29 is 27.9 Å². The lowest BCUT2D eigenvalue weighted by Gasteiger charge is -2.29. The highest BCUT2D eigenvalue weighted by Crippen LogP contribution is 2.40. The molecule has 1 amide bonds. The molecule has 120 valence electrons. The molecule has 1 aliphatic carbocycles. The van der Waals surface area contributed by atoms with E-state index in [9.17, 15) is 23.1 Å². The summed E-state index contributed by atoms with van der Waals surface area (Å²) in [6, 6.07) is 0. The van der Waals surface area contributed by atoms with Crippen molar-refractivity contribution in [3.05, 3.63) is 0 Å². The predicted molar refractivity (Wildman–Crippen MR) is 74.5 cm³/mol. The van der Waals surface area contributed by atoms with E-state index in [1.807, 2.05) is 0 Å². The maximum atomic E-state index is 12.2. The van der Waals surface area contributed by atoms with Crippen molar-refractivity contribution in [3.8, 4) is 0 Å². The van der Waals surface area contributed by atoms with Gasteiger partial charge in [-0.3, -0.25) is 9.59 Å². The van der Waals surface area contributed by atoms with E-state index in [1.54, 1.807) is 4.90 Å². The van der Waals surface area contributed by atoms with Crippen LogP contribution in [-0.4, -0.2) is 68.1 Å². The third-order valence-electron chi connectivity index (χ3n) is 4.05. The summed E-state index contributed by atoms with van der Waals surface area (Å²) in [5.74, 6) is -2.81. The quantitative estimate of drug-likeness (QED) is 0.725. The topological polar surface area (TPSA) is 101 Å². The van der Waals surface area contributed by atoms with E-state index < -0.39 is 27.0 Å². The van der Waals surface area contributed by atoms with Gasteiger partial charge in [-0.05, 0) is 18.8 Å². The number of sulfone groups is 1. The Morgan fingerprint density at radius 3 is 2.29 bits per heavy atom. The lowest BCUT2D eigenvalue weighted by Crippen LogP contribution is -2.44. The van der Waals surface area contributed by atoms with Crippen molar-refractivity contribution in [1.29, 1.82) is 0 Å². The van der Waals surface area contributed by atoms with Crippen molar-refractivity contribution in [2.45, 2.75) is 24.5 Å². The number of carboxylic acids is 1. The highest BCUT2D eigenvalue weighted by molar-refractivity contribution is 7.91. The Labute approximate surface area is 124 Å². The molecule has 1 saturated carbocycles. The number of rotatable bonds is 6. The zero-order chi connectivity index (χ0) is 15.6. The summed E-state index contributed by atoms with van der Waals surface area (Å²) in [7, 11) is -3.50. The average molecular weight is 319 g/mol. The molecule has 21 heavy (non-hydrogen) atoms. The second-order valence-corrected chi connectivity index (χ2v) is 7.98. The average Bonchev–Trinajstić information content (AvgIpc) is 3.21. The first kappa shape index (κ1) is 16.2. The van der Waals surface area contributed by atoms with Crippen LogP contribution in [0.5, 0.6) is 0 Å². The van der Waals surface area contributed by atoms with Crippen LogP contribution in [0.1, 0.15) is 19.3 Å². The minimum absolute atomic E-state index is 0.126. The monoisotopic (exact) mass is 319 g/mol. The smallest absolute Gasteiger partial charge is 0.308 e. The fraction of sp³-hybridized carbons (Fsp3) is 0.846. The molecule has 1 N–H and O–H groups in total. The molecule has 0 radical (unpaired) electrons. The normalized spacial score (nSPS) is 22.6. The molecule has 1 unspecified atom stereocenters. The molecule has 0 aromatic carbocycles. The number of carbonyl (C=O) groups is 2. The number of amides is 1. The standard InChI is InChI=1S/C13H21NO6S/c1-21(18,19)12(9-2-3-9)10(13(16)17)8-11(15)14-4-6-20-7-5-14/h9-10,12H,2-8H2,1H3,(H,16,17)/t10?,12-/m0/s1. The van der Waals surface area contributed by atoms with Gasteiger partial charge < -0.3 is 14.7 Å². The van der Waals surface area contributed by atoms with Crippen LogP contribution in [0.2, 0.25) is 0 Å². The molecule has 0 aromatic rings. The van der Waals surface area contributed by atoms with E-state index in [1.165, 1.54) is 0 Å². The van der Waals surface area contributed by atoms with Crippen LogP contribution in [0.15, 0.2) is 0 Å². The molecule has 8 heteroatoms. The lowest BCUT2D eigenvalue weighted by molar-refractivity contribution is -0.147. The Bertz CT molecular complexity index is 507. The highest BCUT2D eigenvalue weighted by Gasteiger charge is 2.46. The molecule has 0 aromatic heterocycles. The third-order valence-corrected chi connectivity index (χ3v) is 5.76. The molecule has 1 saturated heterocycles. The number of hydrogen-bond acceptors (Lipinski definition) is 5. The molecule has 2 rings (SSSR count). The van der Waals surface area contributed by atoms with Crippen LogP contribution in [0.3, 0.4) is 0 Å². The predicted octanol–water partition coefficient (Wildman–Crippen LogP) is -0.241. The minimum Gasteiger partial charge on any atom is -0.481 e. The summed E-state index contributed by atoms with van der Waals surface area (Å²) < 4.78 is 29.0. The van der Waals surface area contributed by atoms with E-state index in [0.29, 0.717) is 39.1 Å². The van der Waals surface area contributed by atoms with Gasteiger partial charge in [0.25, 0.3) is 0 Å². The molecule has 1 aliphatic heterocycles. The van der Waals surface area contributed by atoms with Gasteiger partial charge in [0.2, 0.25) is 5.91 Å². The van der Waals surface area contributed by atoms with Gasteiger partial charge in [-0.25, -0.2) is 8.42 Å². The van der Waals surface area contributed by atoms with Crippen LogP contribution in [-0.2, 0) is 24.2 Å². The summed E-state index contributed by atoms with van der Waals surface area (Å²) in [6.07, 6.45) is 2.23. The second-order valence-electron chi connectivity index (χ2n) is 5.77. The Hall–Kier alpha value is -1.15. The number of ether oxygens (including phenoxy) is 1. The van der Waals surface area contributed by atoms with Gasteiger partial charge in [-0.15, -0.1) is 0 Å². The van der Waals surface area contributed by atoms with Crippen molar-refractivity contribution in [3.63, 3.8) is 0 Å². The van der Waals surface area contributed by atoms with Gasteiger partial charge in [-0.1, -0.05) is 0 Å². The SMILES string of the molecule is CS(=O)(=O)[C@@H](C1CC1)C(CC(=O)N1CCOCC1)C(=O)O. The summed E-state index contributed by atoms with van der Waals surface area (Å²) >= 11 is 0. The summed E-state index contributed by atoms with van der Waals surface area (Å²) in [6.45, 7) is 1.72. The number of nitrogens with zero attached hydrogens (tertiary/aromatic N) is 1. The van der Waals surface area contributed by atoms with Crippen molar-refractivity contribution in [2.75, 3.05) is 32.6 Å². The first-order chi connectivity index (χ1) is 9.80. The van der Waals surface area contributed by atoms with Gasteiger partial charge in [0.05, 0.1) is 24.4 Å². The second kappa shape index (κ2) is 6.31. The third kappa shape index (κ3) is 4.16. The Morgan fingerprint density at radius 1 is 1.29 bits per heavy atom. The number of morpholine rings is 1. The maximum Gasteiger partial charge on any atom is 0.308 e. The summed E-state index contributed by atoms with van der Waals surface area (Å²) in [5, 5.41) is 8.41. The number of carboxylic acid groups (broad SMARTS) is 1. The molecular formula is C13H21NO6S. The molecule has 1 heterocycles. The first-order valence-electron chi connectivity index (χ1n) is 7.08. The Kier molecular flexibility index (Phi) is 4.88.